The summed E-state index contributed by atoms with van der Waals surface area (Å²) in [6, 6.07) is 13.5. The van der Waals surface area contributed by atoms with Gasteiger partial charge in [0.15, 0.2) is 0 Å². The van der Waals surface area contributed by atoms with Gasteiger partial charge in [-0.25, -0.2) is 9.59 Å². The van der Waals surface area contributed by atoms with Crippen molar-refractivity contribution >= 4 is 23.3 Å². The van der Waals surface area contributed by atoms with Gasteiger partial charge in [-0.2, -0.15) is 0 Å². The Kier molecular flexibility index (Phi) is 5.41. The topological polar surface area (TPSA) is 105 Å². The lowest BCUT2D eigenvalue weighted by molar-refractivity contribution is -0.0513. The van der Waals surface area contributed by atoms with Crippen molar-refractivity contribution in [2.45, 2.75) is 37.9 Å². The van der Waals surface area contributed by atoms with Crippen LogP contribution in [0.1, 0.15) is 46.4 Å². The van der Waals surface area contributed by atoms with Crippen molar-refractivity contribution in [1.82, 2.24) is 0 Å². The van der Waals surface area contributed by atoms with Gasteiger partial charge in [0.1, 0.15) is 12.2 Å². The third kappa shape index (κ3) is 3.96. The zero-order valence-corrected chi connectivity index (χ0v) is 14.4. The van der Waals surface area contributed by atoms with Gasteiger partial charge in [-0.3, -0.25) is 0 Å². The van der Waals surface area contributed by atoms with Crippen LogP contribution in [0, 0.1) is 0 Å². The van der Waals surface area contributed by atoms with Crippen LogP contribution in [0.2, 0.25) is 0 Å². The highest BCUT2D eigenvalue weighted by Gasteiger charge is 2.32. The molecule has 0 unspecified atom stereocenters. The molecule has 2 aromatic carbocycles. The van der Waals surface area contributed by atoms with E-state index in [0.29, 0.717) is 35.3 Å². The summed E-state index contributed by atoms with van der Waals surface area (Å²) in [4.78, 5) is 24.9. The fraction of sp³-hybridized carbons (Fsp3) is 0.300. The largest absolute Gasteiger partial charge is 0.455 e. The highest BCUT2D eigenvalue weighted by atomic mass is 16.6. The van der Waals surface area contributed by atoms with Crippen molar-refractivity contribution in [3.05, 3.63) is 59.7 Å². The Morgan fingerprint density at radius 3 is 1.50 bits per heavy atom. The monoisotopic (exact) mass is 354 g/mol. The van der Waals surface area contributed by atoms with Crippen LogP contribution in [0.3, 0.4) is 0 Å². The van der Waals surface area contributed by atoms with E-state index in [2.05, 4.69) is 0 Å². The van der Waals surface area contributed by atoms with E-state index in [4.69, 9.17) is 20.9 Å². The molecule has 0 radical (unpaired) electrons. The van der Waals surface area contributed by atoms with Crippen molar-refractivity contribution in [3.63, 3.8) is 0 Å². The summed E-state index contributed by atoms with van der Waals surface area (Å²) in [5.41, 5.74) is 13.0. The molecular formula is C20H22N2O4. The predicted octanol–water partition coefficient (Wildman–Crippen LogP) is 3.18. The highest BCUT2D eigenvalue weighted by Crippen LogP contribution is 2.27. The van der Waals surface area contributed by atoms with Crippen LogP contribution in [-0.4, -0.2) is 24.1 Å². The van der Waals surface area contributed by atoms with E-state index in [0.717, 1.165) is 12.8 Å². The van der Waals surface area contributed by atoms with Crippen LogP contribution in [0.4, 0.5) is 11.4 Å². The van der Waals surface area contributed by atoms with E-state index in [1.807, 2.05) is 0 Å². The summed E-state index contributed by atoms with van der Waals surface area (Å²) in [6.07, 6.45) is 2.10. The van der Waals surface area contributed by atoms with Crippen LogP contribution >= 0.6 is 0 Å². The van der Waals surface area contributed by atoms with Gasteiger partial charge in [-0.05, 0) is 49.9 Å². The van der Waals surface area contributed by atoms with E-state index < -0.39 is 24.1 Å². The molecule has 4 N–H and O–H groups in total. The Bertz CT molecular complexity index is 738. The molecule has 1 saturated carbocycles. The van der Waals surface area contributed by atoms with Crippen LogP contribution < -0.4 is 11.5 Å². The summed E-state index contributed by atoms with van der Waals surface area (Å²) >= 11 is 0. The Labute approximate surface area is 152 Å². The van der Waals surface area contributed by atoms with Crippen molar-refractivity contribution in [2.24, 2.45) is 0 Å². The summed E-state index contributed by atoms with van der Waals surface area (Å²) in [5, 5.41) is 0. The molecule has 3 rings (SSSR count). The van der Waals surface area contributed by atoms with Crippen LogP contribution in [0.15, 0.2) is 48.5 Å². The number of benzene rings is 2. The van der Waals surface area contributed by atoms with Crippen LogP contribution in [0.25, 0.3) is 0 Å². The van der Waals surface area contributed by atoms with E-state index in [1.165, 1.54) is 0 Å². The molecule has 6 nitrogen and oxygen atoms in total. The normalized spacial score (nSPS) is 19.5. The van der Waals surface area contributed by atoms with Gasteiger partial charge in [0.25, 0.3) is 0 Å². The molecule has 0 heterocycles. The average molecular weight is 354 g/mol. The number of carbonyl (C=O) groups is 2. The predicted molar refractivity (Wildman–Crippen MR) is 98.6 cm³/mol. The molecule has 6 heteroatoms. The maximum atomic E-state index is 12.4. The van der Waals surface area contributed by atoms with E-state index in [9.17, 15) is 9.59 Å². The first kappa shape index (κ1) is 17.8. The highest BCUT2D eigenvalue weighted by molar-refractivity contribution is 5.96. The number of rotatable bonds is 4. The molecule has 2 aromatic rings. The van der Waals surface area contributed by atoms with Crippen LogP contribution in [0.5, 0.6) is 0 Å². The summed E-state index contributed by atoms with van der Waals surface area (Å²) in [7, 11) is 0. The van der Waals surface area contributed by atoms with Gasteiger partial charge in [0.05, 0.1) is 11.1 Å². The molecule has 2 atom stereocenters. The molecule has 0 amide bonds. The Morgan fingerprint density at radius 2 is 1.12 bits per heavy atom. The fourth-order valence-corrected chi connectivity index (χ4v) is 3.10. The molecule has 1 aliphatic rings. The standard InChI is InChI=1S/C20H22N2O4/c21-15-9-3-1-7-13(15)19(23)25-17-11-5-6-12-18(17)26-20(24)14-8-2-4-10-16(14)22/h1-4,7-10,17-18H,5-6,11-12,21-22H2/t17-,18-/m1/s1. The number of ether oxygens (including phenoxy) is 2. The molecular weight excluding hydrogens is 332 g/mol. The second-order valence-electron chi connectivity index (χ2n) is 6.35. The number of nitrogen functional groups attached to an aromatic ring is 2. The van der Waals surface area contributed by atoms with Crippen molar-refractivity contribution < 1.29 is 19.1 Å². The summed E-state index contributed by atoms with van der Waals surface area (Å²) in [5.74, 6) is -1.01. The molecule has 0 saturated heterocycles. The lowest BCUT2D eigenvalue weighted by Crippen LogP contribution is -2.38. The third-order valence-electron chi connectivity index (χ3n) is 4.52. The zero-order valence-electron chi connectivity index (χ0n) is 14.4. The number of esters is 2. The van der Waals surface area contributed by atoms with Crippen LogP contribution in [-0.2, 0) is 9.47 Å². The summed E-state index contributed by atoms with van der Waals surface area (Å²) < 4.78 is 11.2. The minimum absolute atomic E-state index is 0.315. The number of para-hydroxylation sites is 2. The maximum Gasteiger partial charge on any atom is 0.340 e. The molecule has 0 spiro atoms. The molecule has 1 fully saturated rings. The minimum atomic E-state index is -0.504. The maximum absolute atomic E-state index is 12.4. The number of nitrogens with two attached hydrogens (primary N) is 2. The summed E-state index contributed by atoms with van der Waals surface area (Å²) in [6.45, 7) is 0. The smallest absolute Gasteiger partial charge is 0.340 e. The lowest BCUT2D eigenvalue weighted by atomic mass is 9.94. The molecule has 136 valence electrons. The third-order valence-corrected chi connectivity index (χ3v) is 4.52. The molecule has 0 aromatic heterocycles. The quantitative estimate of drug-likeness (QED) is 0.645. The Morgan fingerprint density at radius 1 is 0.731 bits per heavy atom. The Balaban J connectivity index is 1.70. The average Bonchev–Trinajstić information content (AvgIpc) is 2.64. The number of hydrogen-bond acceptors (Lipinski definition) is 6. The number of anilines is 2. The van der Waals surface area contributed by atoms with Gasteiger partial charge >= 0.3 is 11.9 Å². The van der Waals surface area contributed by atoms with E-state index in [1.54, 1.807) is 48.5 Å². The van der Waals surface area contributed by atoms with Gasteiger partial charge in [-0.1, -0.05) is 24.3 Å². The first-order valence-electron chi connectivity index (χ1n) is 8.67. The molecule has 1 aliphatic carbocycles. The van der Waals surface area contributed by atoms with Crippen molar-refractivity contribution in [2.75, 3.05) is 11.5 Å². The first-order chi connectivity index (χ1) is 12.6. The number of carbonyl (C=O) groups excluding carboxylic acids is 2. The lowest BCUT2D eigenvalue weighted by Gasteiger charge is -2.31. The molecule has 26 heavy (non-hydrogen) atoms. The number of hydrogen-bond donors (Lipinski definition) is 2. The Hall–Kier alpha value is -3.02. The van der Waals surface area contributed by atoms with Crippen molar-refractivity contribution in [3.8, 4) is 0 Å². The van der Waals surface area contributed by atoms with Gasteiger partial charge in [-0.15, -0.1) is 0 Å². The van der Waals surface area contributed by atoms with E-state index in [-0.39, 0.29) is 0 Å². The van der Waals surface area contributed by atoms with Gasteiger partial charge in [0, 0.05) is 11.4 Å². The second kappa shape index (κ2) is 7.91. The molecule has 0 aliphatic heterocycles. The SMILES string of the molecule is Nc1ccccc1C(=O)O[C@@H]1CCCC[C@H]1OC(=O)c1ccccc1N. The minimum Gasteiger partial charge on any atom is -0.455 e. The zero-order chi connectivity index (χ0) is 18.5. The second-order valence-corrected chi connectivity index (χ2v) is 6.35. The van der Waals surface area contributed by atoms with Gasteiger partial charge < -0.3 is 20.9 Å². The fourth-order valence-electron chi connectivity index (χ4n) is 3.10. The first-order valence-corrected chi connectivity index (χ1v) is 8.67. The van der Waals surface area contributed by atoms with E-state index >= 15 is 0 Å². The van der Waals surface area contributed by atoms with Gasteiger partial charge in [0.2, 0.25) is 0 Å². The van der Waals surface area contributed by atoms with Crippen molar-refractivity contribution in [1.29, 1.82) is 0 Å². The molecule has 0 bridgehead atoms.